The van der Waals surface area contributed by atoms with Crippen LogP contribution in [-0.4, -0.2) is 57.6 Å². The van der Waals surface area contributed by atoms with Crippen LogP contribution < -0.4 is 14.4 Å². The lowest BCUT2D eigenvalue weighted by Crippen LogP contribution is -2.51. The number of nitrogens with zero attached hydrogens (tertiary/aromatic N) is 2. The summed E-state index contributed by atoms with van der Waals surface area (Å²) in [7, 11) is -2.16. The molecule has 2 aromatic carbocycles. The monoisotopic (exact) mass is 475 g/mol. The summed E-state index contributed by atoms with van der Waals surface area (Å²) >= 11 is 0. The molecule has 0 saturated carbocycles. The third-order valence-electron chi connectivity index (χ3n) is 5.09. The molecule has 0 aliphatic heterocycles. The molecule has 0 unspecified atom stereocenters. The number of para-hydroxylation sites is 1. The van der Waals surface area contributed by atoms with Crippen LogP contribution in [0, 0.1) is 5.92 Å². The molecule has 0 saturated heterocycles. The van der Waals surface area contributed by atoms with E-state index in [1.54, 1.807) is 56.5 Å². The molecular weight excluding hydrogens is 442 g/mol. The highest BCUT2D eigenvalue weighted by atomic mass is 32.2. The van der Waals surface area contributed by atoms with E-state index >= 15 is 0 Å². The first-order valence-corrected chi connectivity index (χ1v) is 12.6. The third kappa shape index (κ3) is 7.78. The van der Waals surface area contributed by atoms with Crippen molar-refractivity contribution in [1.29, 1.82) is 0 Å². The van der Waals surface area contributed by atoms with Crippen molar-refractivity contribution >= 4 is 27.5 Å². The highest BCUT2D eigenvalue weighted by Gasteiger charge is 2.30. The Morgan fingerprint density at radius 1 is 1.00 bits per heavy atom. The Hall–Kier alpha value is -3.07. The van der Waals surface area contributed by atoms with Crippen LogP contribution in [0.25, 0.3) is 0 Å². The number of nitrogens with one attached hydrogen (secondary N) is 1. The van der Waals surface area contributed by atoms with Gasteiger partial charge in [-0.3, -0.25) is 13.9 Å². The molecule has 0 bridgehead atoms. The van der Waals surface area contributed by atoms with E-state index in [0.29, 0.717) is 18.0 Å². The van der Waals surface area contributed by atoms with Crippen LogP contribution in [0.3, 0.4) is 0 Å². The van der Waals surface area contributed by atoms with E-state index in [4.69, 9.17) is 4.74 Å². The minimum atomic E-state index is -3.73. The Kier molecular flexibility index (Phi) is 9.28. The van der Waals surface area contributed by atoms with Crippen LogP contribution in [0.1, 0.15) is 26.3 Å². The molecule has 8 nitrogen and oxygen atoms in total. The van der Waals surface area contributed by atoms with Gasteiger partial charge in [-0.15, -0.1) is 0 Å². The van der Waals surface area contributed by atoms with E-state index < -0.39 is 28.5 Å². The molecule has 0 spiro atoms. The highest BCUT2D eigenvalue weighted by Crippen LogP contribution is 2.19. The molecule has 2 amide bonds. The lowest BCUT2D eigenvalue weighted by atomic mass is 10.1. The number of rotatable bonds is 11. The molecule has 0 radical (unpaired) electrons. The Balaban J connectivity index is 2.33. The normalized spacial score (nSPS) is 12.2. The van der Waals surface area contributed by atoms with Crippen molar-refractivity contribution < 1.29 is 22.7 Å². The van der Waals surface area contributed by atoms with Crippen LogP contribution in [0.5, 0.6) is 5.75 Å². The fourth-order valence-electron chi connectivity index (χ4n) is 3.17. The standard InChI is InChI=1S/C24H33N3O5S/c1-18(2)15-25-24(29)19(3)26(16-20-11-13-22(32-4)14-12-20)23(28)17-27(33(5,30)31)21-9-7-6-8-10-21/h6-14,18-19H,15-17H2,1-5H3,(H,25,29)/t19-/m0/s1. The quantitative estimate of drug-likeness (QED) is 0.539. The maximum Gasteiger partial charge on any atom is 0.244 e. The minimum absolute atomic E-state index is 0.144. The second kappa shape index (κ2) is 11.7. The molecule has 0 fully saturated rings. The summed E-state index contributed by atoms with van der Waals surface area (Å²) in [5.41, 5.74) is 1.17. The summed E-state index contributed by atoms with van der Waals surface area (Å²) in [6.45, 7) is 5.81. The number of benzene rings is 2. The number of sulfonamides is 1. The van der Waals surface area contributed by atoms with Crippen LogP contribution in [-0.2, 0) is 26.2 Å². The van der Waals surface area contributed by atoms with Gasteiger partial charge in [0.1, 0.15) is 18.3 Å². The van der Waals surface area contributed by atoms with E-state index in [2.05, 4.69) is 5.32 Å². The molecule has 0 aliphatic carbocycles. The SMILES string of the molecule is COc1ccc(CN(C(=O)CN(c2ccccc2)S(C)(=O)=O)[C@@H](C)C(=O)NCC(C)C)cc1. The summed E-state index contributed by atoms with van der Waals surface area (Å²) < 4.78 is 31.2. The van der Waals surface area contributed by atoms with Gasteiger partial charge in [0.05, 0.1) is 19.1 Å². The van der Waals surface area contributed by atoms with Gasteiger partial charge in [-0.2, -0.15) is 0 Å². The van der Waals surface area contributed by atoms with Crippen LogP contribution in [0.15, 0.2) is 54.6 Å². The fraction of sp³-hybridized carbons (Fsp3) is 0.417. The van der Waals surface area contributed by atoms with Gasteiger partial charge in [0.2, 0.25) is 21.8 Å². The maximum absolute atomic E-state index is 13.4. The Labute approximate surface area is 196 Å². The van der Waals surface area contributed by atoms with Crippen LogP contribution >= 0.6 is 0 Å². The zero-order chi connectivity index (χ0) is 24.6. The molecule has 33 heavy (non-hydrogen) atoms. The van der Waals surface area contributed by atoms with Crippen molar-refractivity contribution in [2.45, 2.75) is 33.4 Å². The lowest BCUT2D eigenvalue weighted by Gasteiger charge is -2.31. The van der Waals surface area contributed by atoms with E-state index in [0.717, 1.165) is 16.1 Å². The number of amides is 2. The van der Waals surface area contributed by atoms with Gasteiger partial charge in [0.25, 0.3) is 0 Å². The number of hydrogen-bond acceptors (Lipinski definition) is 5. The summed E-state index contributed by atoms with van der Waals surface area (Å²) in [5.74, 6) is 0.154. The predicted octanol–water partition coefficient (Wildman–Crippen LogP) is 2.65. The van der Waals surface area contributed by atoms with Gasteiger partial charge < -0.3 is 15.0 Å². The molecule has 0 heterocycles. The first kappa shape index (κ1) is 26.2. The minimum Gasteiger partial charge on any atom is -0.497 e. The predicted molar refractivity (Wildman–Crippen MR) is 129 cm³/mol. The smallest absolute Gasteiger partial charge is 0.244 e. The first-order chi connectivity index (χ1) is 15.5. The van der Waals surface area contributed by atoms with Crippen molar-refractivity contribution in [3.05, 3.63) is 60.2 Å². The van der Waals surface area contributed by atoms with E-state index in [-0.39, 0.29) is 18.4 Å². The molecule has 9 heteroatoms. The average molecular weight is 476 g/mol. The van der Waals surface area contributed by atoms with Gasteiger partial charge >= 0.3 is 0 Å². The summed E-state index contributed by atoms with van der Waals surface area (Å²) in [6.07, 6.45) is 1.06. The van der Waals surface area contributed by atoms with E-state index in [1.165, 1.54) is 4.90 Å². The number of methoxy groups -OCH3 is 1. The second-order valence-electron chi connectivity index (χ2n) is 8.29. The summed E-state index contributed by atoms with van der Waals surface area (Å²) in [4.78, 5) is 27.6. The molecule has 1 atom stereocenters. The highest BCUT2D eigenvalue weighted by molar-refractivity contribution is 7.92. The zero-order valence-corrected chi connectivity index (χ0v) is 20.6. The molecule has 1 N–H and O–H groups in total. The number of carbonyl (C=O) groups is 2. The number of carbonyl (C=O) groups excluding carboxylic acids is 2. The van der Waals surface area contributed by atoms with Crippen LogP contribution in [0.2, 0.25) is 0 Å². The van der Waals surface area contributed by atoms with E-state index in [9.17, 15) is 18.0 Å². The second-order valence-corrected chi connectivity index (χ2v) is 10.2. The van der Waals surface area contributed by atoms with E-state index in [1.807, 2.05) is 26.0 Å². The number of anilines is 1. The average Bonchev–Trinajstić information content (AvgIpc) is 2.79. The molecule has 0 aromatic heterocycles. The molecule has 180 valence electrons. The first-order valence-electron chi connectivity index (χ1n) is 10.8. The van der Waals surface area contributed by atoms with Crippen molar-refractivity contribution in [3.8, 4) is 5.75 Å². The van der Waals surface area contributed by atoms with Gasteiger partial charge in [-0.25, -0.2) is 8.42 Å². The van der Waals surface area contributed by atoms with Crippen molar-refractivity contribution in [1.82, 2.24) is 10.2 Å². The largest absolute Gasteiger partial charge is 0.497 e. The van der Waals surface area contributed by atoms with Gasteiger partial charge in [-0.05, 0) is 42.7 Å². The van der Waals surface area contributed by atoms with Crippen LogP contribution in [0.4, 0.5) is 5.69 Å². The fourth-order valence-corrected chi connectivity index (χ4v) is 4.02. The van der Waals surface area contributed by atoms with Crippen molar-refractivity contribution in [2.24, 2.45) is 5.92 Å². The van der Waals surface area contributed by atoms with Crippen molar-refractivity contribution in [3.63, 3.8) is 0 Å². The maximum atomic E-state index is 13.4. The Morgan fingerprint density at radius 2 is 1.61 bits per heavy atom. The Morgan fingerprint density at radius 3 is 2.12 bits per heavy atom. The molecule has 0 aliphatic rings. The summed E-state index contributed by atoms with van der Waals surface area (Å²) in [6, 6.07) is 14.8. The van der Waals surface area contributed by atoms with Crippen molar-refractivity contribution in [2.75, 3.05) is 30.8 Å². The van der Waals surface area contributed by atoms with Gasteiger partial charge in [0, 0.05) is 13.1 Å². The molecule has 2 aromatic rings. The number of ether oxygens (including phenoxy) is 1. The molecule has 2 rings (SSSR count). The lowest BCUT2D eigenvalue weighted by molar-refractivity contribution is -0.139. The topological polar surface area (TPSA) is 96.0 Å². The van der Waals surface area contributed by atoms with Gasteiger partial charge in [-0.1, -0.05) is 44.2 Å². The molecular formula is C24H33N3O5S. The third-order valence-corrected chi connectivity index (χ3v) is 6.23. The zero-order valence-electron chi connectivity index (χ0n) is 19.8. The number of hydrogen-bond donors (Lipinski definition) is 1. The Bertz CT molecular complexity index is 1020. The van der Waals surface area contributed by atoms with Gasteiger partial charge in [0.15, 0.2) is 0 Å². The summed E-state index contributed by atoms with van der Waals surface area (Å²) in [5, 5.41) is 2.85.